The van der Waals surface area contributed by atoms with Crippen molar-refractivity contribution in [2.45, 2.75) is 231 Å². The third kappa shape index (κ3) is 42.4. The van der Waals surface area contributed by atoms with E-state index in [0.717, 1.165) is 51.4 Å². The van der Waals surface area contributed by atoms with Gasteiger partial charge < -0.3 is 28.6 Å². The van der Waals surface area contributed by atoms with Gasteiger partial charge in [0.25, 0.3) is 0 Å². The Balaban J connectivity index is 4.27. The minimum absolute atomic E-state index is 0.0369. The van der Waals surface area contributed by atoms with Crippen molar-refractivity contribution >= 4 is 17.9 Å². The molecule has 0 radical (unpaired) electrons. The molecule has 0 amide bonds. The maximum atomic E-state index is 12.8. The van der Waals surface area contributed by atoms with Crippen LogP contribution in [0.25, 0.3) is 0 Å². The highest BCUT2D eigenvalue weighted by Gasteiger charge is 2.25. The summed E-state index contributed by atoms with van der Waals surface area (Å²) >= 11 is 0. The lowest BCUT2D eigenvalue weighted by Crippen LogP contribution is -2.55. The van der Waals surface area contributed by atoms with Crippen LogP contribution in [0.5, 0.6) is 0 Å². The fourth-order valence-electron chi connectivity index (χ4n) is 7.27. The average Bonchev–Trinajstić information content (AvgIpc) is 3.22. The third-order valence-electron chi connectivity index (χ3n) is 11.2. The molecule has 0 bridgehead atoms. The zero-order valence-electron chi connectivity index (χ0n) is 40.3. The van der Waals surface area contributed by atoms with Gasteiger partial charge in [0.05, 0.1) is 40.3 Å². The first kappa shape index (κ1) is 58.3. The molecule has 0 fully saturated rings. The number of aliphatic carboxylic acids is 1. The predicted molar refractivity (Wildman–Crippen MR) is 254 cm³/mol. The lowest BCUT2D eigenvalue weighted by molar-refractivity contribution is -0.889. The van der Waals surface area contributed by atoms with Gasteiger partial charge in [-0.15, -0.1) is 0 Å². The number of carboxylic acid groups (broad SMARTS) is 1. The molecule has 0 saturated heterocycles. The molecule has 0 aromatic heterocycles. The molecule has 0 aromatic rings. The van der Waals surface area contributed by atoms with Gasteiger partial charge in [0.2, 0.25) is 0 Å². The van der Waals surface area contributed by atoms with Crippen LogP contribution in [0.15, 0.2) is 48.6 Å². The molecule has 2 atom stereocenters. The molecule has 8 nitrogen and oxygen atoms in total. The molecule has 0 rings (SSSR count). The van der Waals surface area contributed by atoms with Gasteiger partial charge in [-0.2, -0.15) is 0 Å². The molecule has 0 heterocycles. The summed E-state index contributed by atoms with van der Waals surface area (Å²) < 4.78 is 17.2. The molecule has 354 valence electrons. The number of nitrogens with zero attached hydrogens (tertiary/aromatic N) is 1. The number of unbranched alkanes of at least 4 members (excludes halogenated alkanes) is 24. The van der Waals surface area contributed by atoms with Crippen LogP contribution in [-0.4, -0.2) is 75.5 Å². The first-order valence-corrected chi connectivity index (χ1v) is 25.2. The summed E-state index contributed by atoms with van der Waals surface area (Å²) in [4.78, 5) is 37.0. The van der Waals surface area contributed by atoms with Gasteiger partial charge >= 0.3 is 11.9 Å². The first-order valence-electron chi connectivity index (χ1n) is 25.2. The SMILES string of the molecule is CCCCC/C=C/C/C=C/CCCCCCCCCC(=O)OCC(COCCC(C(=O)[O-])[N+](C)(C)C)OC(=O)CCCCCCCCCCCC/C=C/C=C/CCCCCC. The number of hydrogen-bond acceptors (Lipinski definition) is 7. The van der Waals surface area contributed by atoms with Crippen LogP contribution in [0.2, 0.25) is 0 Å². The maximum absolute atomic E-state index is 12.8. The van der Waals surface area contributed by atoms with E-state index >= 15 is 0 Å². The fraction of sp³-hybridized carbons (Fsp3) is 0.792. The van der Waals surface area contributed by atoms with Crippen LogP contribution < -0.4 is 5.11 Å². The van der Waals surface area contributed by atoms with E-state index in [-0.39, 0.29) is 42.7 Å². The van der Waals surface area contributed by atoms with Gasteiger partial charge in [0, 0.05) is 19.3 Å². The Bertz CT molecular complexity index is 1140. The summed E-state index contributed by atoms with van der Waals surface area (Å²) in [6, 6.07) is -0.728. The summed E-state index contributed by atoms with van der Waals surface area (Å²) in [5, 5.41) is 11.7. The molecule has 0 N–H and O–H groups in total. The molecule has 0 aliphatic rings. The van der Waals surface area contributed by atoms with E-state index < -0.39 is 18.1 Å². The Morgan fingerprint density at radius 2 is 0.918 bits per heavy atom. The lowest BCUT2D eigenvalue weighted by Gasteiger charge is -2.34. The number of esters is 2. The molecule has 0 aromatic carbocycles. The topological polar surface area (TPSA) is 102 Å². The van der Waals surface area contributed by atoms with Crippen LogP contribution in [0.4, 0.5) is 0 Å². The number of quaternary nitrogens is 1. The van der Waals surface area contributed by atoms with E-state index in [1.807, 2.05) is 0 Å². The van der Waals surface area contributed by atoms with Crippen LogP contribution in [-0.2, 0) is 28.6 Å². The number of allylic oxidation sites excluding steroid dienone is 8. The highest BCUT2D eigenvalue weighted by molar-refractivity contribution is 5.70. The van der Waals surface area contributed by atoms with Crippen LogP contribution >= 0.6 is 0 Å². The number of carboxylic acids is 1. The average molecular weight is 858 g/mol. The Morgan fingerprint density at radius 1 is 0.508 bits per heavy atom. The second-order valence-corrected chi connectivity index (χ2v) is 18.1. The summed E-state index contributed by atoms with van der Waals surface area (Å²) in [5.74, 6) is -1.74. The number of rotatable bonds is 45. The molecule has 8 heteroatoms. The van der Waals surface area contributed by atoms with E-state index in [9.17, 15) is 19.5 Å². The molecular formula is C53H95NO7. The minimum Gasteiger partial charge on any atom is -0.544 e. The van der Waals surface area contributed by atoms with E-state index in [2.05, 4.69) is 62.5 Å². The Kier molecular flexibility index (Phi) is 42.0. The lowest BCUT2D eigenvalue weighted by atomic mass is 10.1. The molecule has 0 spiro atoms. The first-order chi connectivity index (χ1) is 29.6. The fourth-order valence-corrected chi connectivity index (χ4v) is 7.27. The normalized spacial score (nSPS) is 13.3. The number of likely N-dealkylation sites (N-methyl/N-ethyl adjacent to an activating group) is 1. The molecule has 2 unspecified atom stereocenters. The van der Waals surface area contributed by atoms with Crippen LogP contribution in [0, 0.1) is 0 Å². The van der Waals surface area contributed by atoms with Gasteiger partial charge in [0.15, 0.2) is 6.10 Å². The predicted octanol–water partition coefficient (Wildman–Crippen LogP) is 13.0. The largest absolute Gasteiger partial charge is 0.544 e. The van der Waals surface area contributed by atoms with E-state index in [1.165, 1.54) is 135 Å². The Morgan fingerprint density at radius 3 is 1.39 bits per heavy atom. The minimum atomic E-state index is -1.13. The number of hydrogen-bond donors (Lipinski definition) is 0. The molecule has 0 aliphatic heterocycles. The van der Waals surface area contributed by atoms with Crippen LogP contribution in [0.1, 0.15) is 219 Å². The Labute approximate surface area is 376 Å². The number of carbonyl (C=O) groups is 3. The summed E-state index contributed by atoms with van der Waals surface area (Å²) in [6.07, 6.45) is 52.7. The van der Waals surface area contributed by atoms with Gasteiger partial charge in [-0.1, -0.05) is 178 Å². The van der Waals surface area contributed by atoms with Crippen molar-refractivity contribution in [3.63, 3.8) is 0 Å². The highest BCUT2D eigenvalue weighted by atomic mass is 16.6. The molecule has 0 saturated carbocycles. The quantitative estimate of drug-likeness (QED) is 0.0198. The standard InChI is InChI=1S/C53H95NO7/c1-6-8-10-12-14-16-18-20-22-24-25-26-28-30-32-34-36-38-40-42-44-52(56)61-49(47-59-46-45-50(53(57)58)54(3,4)5)48-60-51(55)43-41-39-37-35-33-31-29-27-23-21-19-17-15-13-11-9-7-2/h15-18,20-23,49-50H,6-14,19,24-48H2,1-5H3/b17-15+,18-16+,22-20+,23-21+. The van der Waals surface area contributed by atoms with Gasteiger partial charge in [0.1, 0.15) is 12.6 Å². The highest BCUT2D eigenvalue weighted by Crippen LogP contribution is 2.15. The van der Waals surface area contributed by atoms with Crippen molar-refractivity contribution in [2.75, 3.05) is 41.0 Å². The smallest absolute Gasteiger partial charge is 0.306 e. The molecule has 61 heavy (non-hydrogen) atoms. The number of ether oxygens (including phenoxy) is 3. The maximum Gasteiger partial charge on any atom is 0.306 e. The Hall–Kier alpha value is -2.71. The van der Waals surface area contributed by atoms with Crippen LogP contribution in [0.3, 0.4) is 0 Å². The van der Waals surface area contributed by atoms with E-state index in [0.29, 0.717) is 12.8 Å². The summed E-state index contributed by atoms with van der Waals surface area (Å²) in [7, 11) is 5.41. The van der Waals surface area contributed by atoms with Crippen molar-refractivity contribution in [1.82, 2.24) is 0 Å². The second kappa shape index (κ2) is 43.9. The van der Waals surface area contributed by atoms with E-state index in [1.54, 1.807) is 21.1 Å². The zero-order valence-corrected chi connectivity index (χ0v) is 40.3. The molecular weight excluding hydrogens is 763 g/mol. The monoisotopic (exact) mass is 858 g/mol. The number of carbonyl (C=O) groups excluding carboxylic acids is 3. The van der Waals surface area contributed by atoms with Crippen molar-refractivity contribution in [1.29, 1.82) is 0 Å². The zero-order chi connectivity index (χ0) is 44.9. The van der Waals surface area contributed by atoms with E-state index in [4.69, 9.17) is 14.2 Å². The summed E-state index contributed by atoms with van der Waals surface area (Å²) in [6.45, 7) is 4.62. The summed E-state index contributed by atoms with van der Waals surface area (Å²) in [5.41, 5.74) is 0. The van der Waals surface area contributed by atoms with Gasteiger partial charge in [-0.3, -0.25) is 9.59 Å². The van der Waals surface area contributed by atoms with Crippen molar-refractivity contribution in [3.8, 4) is 0 Å². The van der Waals surface area contributed by atoms with Crippen molar-refractivity contribution in [3.05, 3.63) is 48.6 Å². The molecule has 0 aliphatic carbocycles. The van der Waals surface area contributed by atoms with Gasteiger partial charge in [-0.25, -0.2) is 0 Å². The second-order valence-electron chi connectivity index (χ2n) is 18.1. The van der Waals surface area contributed by atoms with Crippen molar-refractivity contribution in [2.24, 2.45) is 0 Å². The van der Waals surface area contributed by atoms with Crippen molar-refractivity contribution < 1.29 is 38.2 Å². The third-order valence-corrected chi connectivity index (χ3v) is 11.2. The van der Waals surface area contributed by atoms with Gasteiger partial charge in [-0.05, 0) is 70.6 Å².